The Morgan fingerprint density at radius 3 is 2.50 bits per heavy atom. The molecule has 0 fully saturated rings. The van der Waals surface area contributed by atoms with Gasteiger partial charge in [-0.15, -0.1) is 0 Å². The second-order valence-corrected chi connectivity index (χ2v) is 7.67. The summed E-state index contributed by atoms with van der Waals surface area (Å²) in [6.07, 6.45) is 5.96. The molecule has 1 aliphatic heterocycles. The number of hydrogen-bond donors (Lipinski definition) is 1. The number of aromatic nitrogens is 2. The van der Waals surface area contributed by atoms with Gasteiger partial charge in [0.2, 0.25) is 0 Å². The van der Waals surface area contributed by atoms with E-state index < -0.39 is 0 Å². The average molecular weight is 453 g/mol. The first-order chi connectivity index (χ1) is 16.7. The van der Waals surface area contributed by atoms with Crippen LogP contribution in [-0.2, 0) is 6.42 Å². The Bertz CT molecular complexity index is 1270. The fraction of sp³-hybridized carbons (Fsp3) is 0.179. The predicted octanol–water partition coefficient (Wildman–Crippen LogP) is 6.55. The number of pyridine rings is 2. The van der Waals surface area contributed by atoms with Crippen molar-refractivity contribution in [2.75, 3.05) is 16.8 Å². The first kappa shape index (κ1) is 23.0. The zero-order valence-corrected chi connectivity index (χ0v) is 19.7. The molecule has 3 heterocycles. The molecule has 1 N–H and O–H groups in total. The Morgan fingerprint density at radius 2 is 1.71 bits per heavy atom. The number of hydrogen-bond acceptors (Lipinski definition) is 5. The molecule has 2 aromatic carbocycles. The van der Waals surface area contributed by atoms with Crippen LogP contribution in [-0.4, -0.2) is 22.4 Å². The van der Waals surface area contributed by atoms with Crippen LogP contribution in [0.4, 0.5) is 17.1 Å². The molecule has 0 atom stereocenters. The van der Waals surface area contributed by atoms with Gasteiger partial charge in [-0.25, -0.2) is 0 Å². The van der Waals surface area contributed by atoms with Crippen molar-refractivity contribution in [3.05, 3.63) is 102 Å². The highest BCUT2D eigenvalue weighted by Crippen LogP contribution is 2.34. The minimum Gasteiger partial charge on any atom is -0.457 e. The second-order valence-electron chi connectivity index (χ2n) is 7.67. The Hall–Kier alpha value is -4.19. The second kappa shape index (κ2) is 10.6. The summed E-state index contributed by atoms with van der Waals surface area (Å²) in [7, 11) is 0. The molecule has 0 bridgehead atoms. The predicted molar refractivity (Wildman–Crippen MR) is 136 cm³/mol. The maximum atomic E-state index is 13.4. The van der Waals surface area contributed by atoms with Crippen LogP contribution in [0.25, 0.3) is 0 Å². The fourth-order valence-electron chi connectivity index (χ4n) is 3.85. The molecule has 6 nitrogen and oxygen atoms in total. The molecule has 0 aliphatic carbocycles. The third kappa shape index (κ3) is 5.23. The van der Waals surface area contributed by atoms with Gasteiger partial charge in [-0.3, -0.25) is 14.8 Å². The number of carbonyl (C=O) groups is 1. The molecule has 0 radical (unpaired) electrons. The van der Waals surface area contributed by atoms with E-state index in [4.69, 9.17) is 4.74 Å². The van der Waals surface area contributed by atoms with E-state index in [0.29, 0.717) is 23.6 Å². The summed E-state index contributed by atoms with van der Waals surface area (Å²) >= 11 is 0. The lowest BCUT2D eigenvalue weighted by Gasteiger charge is -2.19. The molecule has 4 aromatic rings. The number of ether oxygens (including phenoxy) is 1. The quantitative estimate of drug-likeness (QED) is 0.372. The van der Waals surface area contributed by atoms with Crippen molar-refractivity contribution in [2.24, 2.45) is 0 Å². The molecular weight excluding hydrogens is 424 g/mol. The van der Waals surface area contributed by atoms with Crippen LogP contribution in [0.5, 0.6) is 11.5 Å². The molecule has 34 heavy (non-hydrogen) atoms. The van der Waals surface area contributed by atoms with Gasteiger partial charge in [-0.2, -0.15) is 0 Å². The summed E-state index contributed by atoms with van der Waals surface area (Å²) in [5, 5.41) is 3.35. The molecule has 1 amide bonds. The van der Waals surface area contributed by atoms with Crippen molar-refractivity contribution in [1.82, 2.24) is 9.97 Å². The monoisotopic (exact) mass is 452 g/mol. The van der Waals surface area contributed by atoms with Crippen molar-refractivity contribution >= 4 is 23.0 Å². The number of carbonyl (C=O) groups excluding carboxylic acids is 1. The summed E-state index contributed by atoms with van der Waals surface area (Å²) in [5.41, 5.74) is 5.39. The summed E-state index contributed by atoms with van der Waals surface area (Å²) in [6.45, 7) is 6.59. The van der Waals surface area contributed by atoms with Crippen LogP contribution >= 0.6 is 0 Å². The van der Waals surface area contributed by atoms with Gasteiger partial charge in [0.05, 0.1) is 5.69 Å². The maximum absolute atomic E-state index is 13.4. The van der Waals surface area contributed by atoms with Gasteiger partial charge in [0, 0.05) is 53.8 Å². The van der Waals surface area contributed by atoms with E-state index in [1.165, 1.54) is 0 Å². The third-order valence-electron chi connectivity index (χ3n) is 5.38. The molecular formula is C28H28N4O2. The molecule has 0 spiro atoms. The highest BCUT2D eigenvalue weighted by atomic mass is 16.5. The van der Waals surface area contributed by atoms with Crippen molar-refractivity contribution in [3.63, 3.8) is 0 Å². The van der Waals surface area contributed by atoms with Crippen molar-refractivity contribution in [3.8, 4) is 11.5 Å². The molecule has 172 valence electrons. The molecule has 5 rings (SSSR count). The van der Waals surface area contributed by atoms with E-state index in [-0.39, 0.29) is 5.91 Å². The number of nitrogens with one attached hydrogen (secondary N) is 1. The number of nitrogens with zero attached hydrogens (tertiary/aromatic N) is 3. The zero-order chi connectivity index (χ0) is 23.9. The molecule has 2 aromatic heterocycles. The van der Waals surface area contributed by atoms with E-state index in [1.54, 1.807) is 30.7 Å². The van der Waals surface area contributed by atoms with Crippen molar-refractivity contribution in [2.45, 2.75) is 27.2 Å². The van der Waals surface area contributed by atoms with Gasteiger partial charge >= 0.3 is 0 Å². The molecule has 1 aliphatic rings. The SMILES string of the molecule is CC.Cc1cc(Nc2cccc(C(=O)N3CCc4ccc(Oc5ccncc5)cc43)c2)ccn1. The van der Waals surface area contributed by atoms with Crippen LogP contribution in [0.2, 0.25) is 0 Å². The Labute approximate surface area is 200 Å². The van der Waals surface area contributed by atoms with Gasteiger partial charge < -0.3 is 15.0 Å². The van der Waals surface area contributed by atoms with Crippen LogP contribution < -0.4 is 15.0 Å². The number of benzene rings is 2. The van der Waals surface area contributed by atoms with Gasteiger partial charge in [0.1, 0.15) is 11.5 Å². The molecule has 0 saturated heterocycles. The lowest BCUT2D eigenvalue weighted by molar-refractivity contribution is 0.0989. The van der Waals surface area contributed by atoms with Crippen LogP contribution in [0, 0.1) is 6.92 Å². The van der Waals surface area contributed by atoms with Gasteiger partial charge in [0.25, 0.3) is 5.91 Å². The smallest absolute Gasteiger partial charge is 0.258 e. The Balaban J connectivity index is 0.00000133. The molecule has 6 heteroatoms. The molecule has 0 saturated carbocycles. The summed E-state index contributed by atoms with van der Waals surface area (Å²) in [6, 6.07) is 21.0. The lowest BCUT2D eigenvalue weighted by Crippen LogP contribution is -2.28. The number of amides is 1. The van der Waals surface area contributed by atoms with Gasteiger partial charge in [-0.1, -0.05) is 26.0 Å². The standard InChI is InChI=1S/C26H22N4O2.C2H6/c1-18-15-22(7-13-28-18)29-21-4-2-3-20(16-21)26(31)30-14-10-19-5-6-24(17-25(19)30)32-23-8-11-27-12-9-23;1-2/h2-9,11-13,15-17H,10,14H2,1H3,(H,28,29);1-2H3. The summed E-state index contributed by atoms with van der Waals surface area (Å²) in [5.74, 6) is 1.37. The third-order valence-corrected chi connectivity index (χ3v) is 5.38. The van der Waals surface area contributed by atoms with Gasteiger partial charge in [-0.05, 0) is 67.4 Å². The Morgan fingerprint density at radius 1 is 0.912 bits per heavy atom. The van der Waals surface area contributed by atoms with E-state index in [2.05, 4.69) is 15.3 Å². The number of fused-ring (bicyclic) bond motifs is 1. The van der Waals surface area contributed by atoms with E-state index in [1.807, 2.05) is 80.3 Å². The van der Waals surface area contributed by atoms with E-state index in [0.717, 1.165) is 34.7 Å². The topological polar surface area (TPSA) is 67.4 Å². The van der Waals surface area contributed by atoms with Crippen LogP contribution in [0.1, 0.15) is 35.5 Å². The first-order valence-electron chi connectivity index (χ1n) is 11.5. The first-order valence-corrected chi connectivity index (χ1v) is 11.5. The summed E-state index contributed by atoms with van der Waals surface area (Å²) < 4.78 is 5.94. The number of aryl methyl sites for hydroxylation is 1. The number of rotatable bonds is 5. The normalized spacial score (nSPS) is 11.8. The fourth-order valence-corrected chi connectivity index (χ4v) is 3.85. The van der Waals surface area contributed by atoms with E-state index in [9.17, 15) is 4.79 Å². The van der Waals surface area contributed by atoms with Crippen LogP contribution in [0.15, 0.2) is 85.3 Å². The summed E-state index contributed by atoms with van der Waals surface area (Å²) in [4.78, 5) is 23.4. The van der Waals surface area contributed by atoms with Crippen molar-refractivity contribution < 1.29 is 9.53 Å². The highest BCUT2D eigenvalue weighted by Gasteiger charge is 2.26. The zero-order valence-electron chi connectivity index (χ0n) is 19.7. The van der Waals surface area contributed by atoms with Crippen molar-refractivity contribution in [1.29, 1.82) is 0 Å². The van der Waals surface area contributed by atoms with E-state index >= 15 is 0 Å². The number of anilines is 3. The Kier molecular flexibility index (Phi) is 7.18. The molecule has 0 unspecified atom stereocenters. The van der Waals surface area contributed by atoms with Crippen LogP contribution in [0.3, 0.4) is 0 Å². The maximum Gasteiger partial charge on any atom is 0.258 e. The lowest BCUT2D eigenvalue weighted by atomic mass is 10.1. The largest absolute Gasteiger partial charge is 0.457 e. The van der Waals surface area contributed by atoms with Gasteiger partial charge in [0.15, 0.2) is 0 Å². The average Bonchev–Trinajstić information content (AvgIpc) is 3.29. The highest BCUT2D eigenvalue weighted by molar-refractivity contribution is 6.08. The minimum absolute atomic E-state index is 0.0284. The minimum atomic E-state index is -0.0284.